The molecule has 0 bridgehead atoms. The van der Waals surface area contributed by atoms with Gasteiger partial charge in [0, 0.05) is 5.69 Å². The number of amides is 2. The maximum absolute atomic E-state index is 12.3. The number of carbonyl (C=O) groups is 2. The fourth-order valence-corrected chi connectivity index (χ4v) is 3.52. The summed E-state index contributed by atoms with van der Waals surface area (Å²) < 4.78 is 0. The topological polar surface area (TPSA) is 85.2 Å². The highest BCUT2D eigenvalue weighted by molar-refractivity contribution is 7.14. The van der Waals surface area contributed by atoms with E-state index < -0.39 is 0 Å². The zero-order valence-electron chi connectivity index (χ0n) is 15.3. The molecule has 1 aromatic carbocycles. The fourth-order valence-electron chi connectivity index (χ4n) is 2.76. The molecule has 1 aromatic heterocycles. The van der Waals surface area contributed by atoms with Gasteiger partial charge in [-0.1, -0.05) is 17.7 Å². The third kappa shape index (κ3) is 5.15. The van der Waals surface area contributed by atoms with Gasteiger partial charge in [-0.25, -0.2) is 0 Å². The molecule has 2 amide bonds. The molecular weight excluding hydrogens is 348 g/mol. The monoisotopic (exact) mass is 370 g/mol. The van der Waals surface area contributed by atoms with Gasteiger partial charge in [0.05, 0.1) is 18.7 Å². The number of carbonyl (C=O) groups excluding carboxylic acids is 2. The molecule has 7 heteroatoms. The van der Waals surface area contributed by atoms with Gasteiger partial charge < -0.3 is 10.6 Å². The van der Waals surface area contributed by atoms with E-state index in [1.165, 1.54) is 11.3 Å². The van der Waals surface area contributed by atoms with Crippen LogP contribution in [-0.4, -0.2) is 36.9 Å². The van der Waals surface area contributed by atoms with E-state index in [4.69, 9.17) is 5.26 Å². The van der Waals surface area contributed by atoms with Gasteiger partial charge >= 0.3 is 0 Å². The minimum absolute atomic E-state index is 0.0576. The molecule has 2 aromatic rings. The molecule has 0 aliphatic heterocycles. The molecule has 0 saturated carbocycles. The van der Waals surface area contributed by atoms with E-state index in [1.54, 1.807) is 23.4 Å². The summed E-state index contributed by atoms with van der Waals surface area (Å²) in [6.45, 7) is 6.09. The summed E-state index contributed by atoms with van der Waals surface area (Å²) >= 11 is 1.30. The first-order chi connectivity index (χ1) is 12.3. The van der Waals surface area contributed by atoms with Crippen molar-refractivity contribution in [2.75, 3.05) is 30.8 Å². The number of nitrogens with zero attached hydrogens (tertiary/aromatic N) is 2. The lowest BCUT2D eigenvalue weighted by Gasteiger charge is -2.17. The van der Waals surface area contributed by atoms with Crippen molar-refractivity contribution in [3.8, 4) is 6.07 Å². The quantitative estimate of drug-likeness (QED) is 0.818. The van der Waals surface area contributed by atoms with Crippen molar-refractivity contribution in [1.29, 1.82) is 5.26 Å². The zero-order valence-corrected chi connectivity index (χ0v) is 16.2. The molecule has 0 atom stereocenters. The molecule has 26 heavy (non-hydrogen) atoms. The summed E-state index contributed by atoms with van der Waals surface area (Å²) in [6, 6.07) is 7.73. The van der Waals surface area contributed by atoms with E-state index in [0.717, 1.165) is 22.4 Å². The highest BCUT2D eigenvalue weighted by atomic mass is 32.1. The molecule has 1 heterocycles. The number of benzene rings is 1. The summed E-state index contributed by atoms with van der Waals surface area (Å²) in [6.07, 6.45) is 0. The van der Waals surface area contributed by atoms with Crippen LogP contribution >= 0.6 is 11.3 Å². The zero-order chi connectivity index (χ0) is 19.3. The second-order valence-electron chi connectivity index (χ2n) is 6.32. The molecule has 0 aliphatic rings. The Morgan fingerprint density at radius 1 is 1.12 bits per heavy atom. The molecule has 0 unspecified atom stereocenters. The van der Waals surface area contributed by atoms with E-state index in [9.17, 15) is 9.59 Å². The first kappa shape index (κ1) is 19.6. The van der Waals surface area contributed by atoms with Crippen LogP contribution in [0.15, 0.2) is 23.6 Å². The predicted octanol–water partition coefficient (Wildman–Crippen LogP) is 3.05. The van der Waals surface area contributed by atoms with Gasteiger partial charge in [0.1, 0.15) is 11.1 Å². The number of thiophene rings is 1. The van der Waals surface area contributed by atoms with Crippen molar-refractivity contribution < 1.29 is 9.59 Å². The maximum Gasteiger partial charge on any atom is 0.239 e. The van der Waals surface area contributed by atoms with E-state index in [0.29, 0.717) is 10.6 Å². The minimum Gasteiger partial charge on any atom is -0.324 e. The van der Waals surface area contributed by atoms with Crippen LogP contribution in [0.5, 0.6) is 0 Å². The molecule has 0 fully saturated rings. The fraction of sp³-hybridized carbons (Fsp3) is 0.316. The summed E-state index contributed by atoms with van der Waals surface area (Å²) in [4.78, 5) is 26.0. The molecule has 0 aliphatic carbocycles. The first-order valence-electron chi connectivity index (χ1n) is 8.14. The Morgan fingerprint density at radius 3 is 2.27 bits per heavy atom. The SMILES string of the molecule is Cc1cc(C)c(NC(=O)CN(C)CC(=O)Nc2sccc2C#N)c(C)c1. The average Bonchev–Trinajstić information content (AvgIpc) is 2.97. The Balaban J connectivity index is 1.89. The van der Waals surface area contributed by atoms with Crippen molar-refractivity contribution in [2.45, 2.75) is 20.8 Å². The molecule has 136 valence electrons. The number of hydrogen-bond acceptors (Lipinski definition) is 5. The molecular formula is C19H22N4O2S. The van der Waals surface area contributed by atoms with Crippen LogP contribution in [0, 0.1) is 32.1 Å². The van der Waals surface area contributed by atoms with E-state index in [2.05, 4.69) is 10.6 Å². The number of likely N-dealkylation sites (N-methyl/N-ethyl adjacent to an activating group) is 1. The summed E-state index contributed by atoms with van der Waals surface area (Å²) in [7, 11) is 1.70. The Hall–Kier alpha value is -2.69. The maximum atomic E-state index is 12.3. The first-order valence-corrected chi connectivity index (χ1v) is 9.01. The van der Waals surface area contributed by atoms with Gasteiger partial charge in [-0.3, -0.25) is 14.5 Å². The number of anilines is 2. The van der Waals surface area contributed by atoms with Crippen LogP contribution in [-0.2, 0) is 9.59 Å². The van der Waals surface area contributed by atoms with Gasteiger partial charge in [-0.2, -0.15) is 5.26 Å². The number of aryl methyl sites for hydroxylation is 3. The lowest BCUT2D eigenvalue weighted by molar-refractivity contribution is -0.119. The van der Waals surface area contributed by atoms with Gasteiger partial charge in [0.25, 0.3) is 0 Å². The van der Waals surface area contributed by atoms with Gasteiger partial charge in [0.15, 0.2) is 0 Å². The Morgan fingerprint density at radius 2 is 1.69 bits per heavy atom. The van der Waals surface area contributed by atoms with Crippen molar-refractivity contribution in [3.63, 3.8) is 0 Å². The Kier molecular flexibility index (Phi) is 6.50. The highest BCUT2D eigenvalue weighted by Crippen LogP contribution is 2.22. The van der Waals surface area contributed by atoms with E-state index >= 15 is 0 Å². The molecule has 0 radical (unpaired) electrons. The second kappa shape index (κ2) is 8.61. The minimum atomic E-state index is -0.262. The van der Waals surface area contributed by atoms with Crippen LogP contribution in [0.4, 0.5) is 10.7 Å². The van der Waals surface area contributed by atoms with Crippen LogP contribution in [0.3, 0.4) is 0 Å². The smallest absolute Gasteiger partial charge is 0.239 e. The highest BCUT2D eigenvalue weighted by Gasteiger charge is 2.14. The predicted molar refractivity (Wildman–Crippen MR) is 104 cm³/mol. The largest absolute Gasteiger partial charge is 0.324 e. The van der Waals surface area contributed by atoms with Gasteiger partial charge in [0.2, 0.25) is 11.8 Å². The number of nitrogens with one attached hydrogen (secondary N) is 2. The van der Waals surface area contributed by atoms with Crippen LogP contribution in [0.1, 0.15) is 22.3 Å². The molecule has 0 saturated heterocycles. The standard InChI is InChI=1S/C19H22N4O2S/c1-12-7-13(2)18(14(3)8-12)21-16(24)10-23(4)11-17(25)22-19-15(9-20)5-6-26-19/h5-8H,10-11H2,1-4H3,(H,21,24)(H,22,25). The normalized spacial score (nSPS) is 10.5. The number of rotatable bonds is 6. The molecule has 2 rings (SSSR count). The second-order valence-corrected chi connectivity index (χ2v) is 7.23. The molecule has 2 N–H and O–H groups in total. The number of hydrogen-bond donors (Lipinski definition) is 2. The van der Waals surface area contributed by atoms with E-state index in [-0.39, 0.29) is 24.9 Å². The van der Waals surface area contributed by atoms with Crippen LogP contribution < -0.4 is 10.6 Å². The Bertz CT molecular complexity index is 844. The van der Waals surface area contributed by atoms with Crippen LogP contribution in [0.25, 0.3) is 0 Å². The summed E-state index contributed by atoms with van der Waals surface area (Å²) in [5.74, 6) is -0.439. The van der Waals surface area contributed by atoms with Crippen molar-refractivity contribution in [3.05, 3.63) is 45.8 Å². The average molecular weight is 370 g/mol. The Labute approximate surface area is 157 Å². The third-order valence-corrected chi connectivity index (χ3v) is 4.64. The van der Waals surface area contributed by atoms with Gasteiger partial charge in [-0.05, 0) is 50.4 Å². The number of nitriles is 1. The van der Waals surface area contributed by atoms with Crippen molar-refractivity contribution >= 4 is 33.8 Å². The third-order valence-electron chi connectivity index (χ3n) is 3.81. The summed E-state index contributed by atoms with van der Waals surface area (Å²) in [5, 5.41) is 16.9. The van der Waals surface area contributed by atoms with Crippen LogP contribution in [0.2, 0.25) is 0 Å². The van der Waals surface area contributed by atoms with Crippen molar-refractivity contribution in [2.24, 2.45) is 0 Å². The van der Waals surface area contributed by atoms with E-state index in [1.807, 2.05) is 39.0 Å². The van der Waals surface area contributed by atoms with Crippen molar-refractivity contribution in [1.82, 2.24) is 4.90 Å². The molecule has 0 spiro atoms. The lowest BCUT2D eigenvalue weighted by Crippen LogP contribution is -2.36. The summed E-state index contributed by atoms with van der Waals surface area (Å²) in [5.41, 5.74) is 4.43. The molecule has 6 nitrogen and oxygen atoms in total. The lowest BCUT2D eigenvalue weighted by atomic mass is 10.1. The van der Waals surface area contributed by atoms with Gasteiger partial charge in [-0.15, -0.1) is 11.3 Å².